The molecule has 0 saturated carbocycles. The number of anilines is 1. The second kappa shape index (κ2) is 18.7. The quantitative estimate of drug-likeness (QED) is 0.114. The van der Waals surface area contributed by atoms with Crippen molar-refractivity contribution in [3.63, 3.8) is 0 Å². The van der Waals surface area contributed by atoms with Crippen LogP contribution in [0.4, 0.5) is 10.6 Å². The van der Waals surface area contributed by atoms with Crippen LogP contribution < -0.4 is 19.3 Å². The van der Waals surface area contributed by atoms with E-state index in [1.165, 1.54) is 4.90 Å². The van der Waals surface area contributed by atoms with Gasteiger partial charge in [-0.2, -0.15) is 0 Å². The summed E-state index contributed by atoms with van der Waals surface area (Å²) in [4.78, 5) is 56.0. The van der Waals surface area contributed by atoms with Gasteiger partial charge >= 0.3 is 13.7 Å². The first kappa shape index (κ1) is 39.2. The van der Waals surface area contributed by atoms with E-state index in [1.807, 2.05) is 42.2 Å². The van der Waals surface area contributed by atoms with Crippen LogP contribution in [0.2, 0.25) is 0 Å². The van der Waals surface area contributed by atoms with E-state index in [9.17, 15) is 18.9 Å². The Morgan fingerprint density at radius 1 is 0.836 bits per heavy atom. The van der Waals surface area contributed by atoms with Crippen LogP contribution in [-0.2, 0) is 18.8 Å². The van der Waals surface area contributed by atoms with E-state index in [1.54, 1.807) is 78.7 Å². The Morgan fingerprint density at radius 3 is 2.02 bits per heavy atom. The van der Waals surface area contributed by atoms with Gasteiger partial charge in [0.2, 0.25) is 5.91 Å². The summed E-state index contributed by atoms with van der Waals surface area (Å²) in [5, 5.41) is 2.84. The Labute approximate surface area is 321 Å². The predicted molar refractivity (Wildman–Crippen MR) is 207 cm³/mol. The number of methoxy groups -OCH3 is 1. The molecule has 14 nitrogen and oxygen atoms in total. The highest BCUT2D eigenvalue weighted by Gasteiger charge is 2.40. The standard InChI is InChI=1S/C40H47N6O8P/c1-3-4-26-52-40(49)45-24-22-44(23-25-45)39(48)35(29-55(50,53-31-16-10-6-11-17-31)54-32-18-12-7-13-19-32)42-38(47)34-27-36(46-21-20-33(28-46)51-2)43-37(41-34)30-14-8-5-9-15-30/h5-19,27,33,35H,3-4,20-26,28-29H2,1-2H3,(H,42,47). The van der Waals surface area contributed by atoms with Crippen LogP contribution in [0, 0.1) is 0 Å². The average Bonchev–Trinajstić information content (AvgIpc) is 3.71. The molecule has 1 N–H and O–H groups in total. The van der Waals surface area contributed by atoms with Crippen molar-refractivity contribution in [2.24, 2.45) is 0 Å². The van der Waals surface area contributed by atoms with Gasteiger partial charge in [0, 0.05) is 58.0 Å². The Bertz CT molecular complexity index is 1890. The van der Waals surface area contributed by atoms with Gasteiger partial charge in [-0.15, -0.1) is 0 Å². The number of unbranched alkanes of at least 4 members (excludes halogenated alkanes) is 1. The molecule has 290 valence electrons. The van der Waals surface area contributed by atoms with Gasteiger partial charge in [0.1, 0.15) is 35.2 Å². The first-order chi connectivity index (χ1) is 26.7. The molecule has 6 rings (SSSR count). The minimum absolute atomic E-state index is 0.0106. The van der Waals surface area contributed by atoms with Crippen LogP contribution in [0.5, 0.6) is 11.5 Å². The van der Waals surface area contributed by atoms with Gasteiger partial charge in [0.15, 0.2) is 5.82 Å². The highest BCUT2D eigenvalue weighted by molar-refractivity contribution is 7.54. The van der Waals surface area contributed by atoms with Gasteiger partial charge in [0.25, 0.3) is 5.91 Å². The molecule has 55 heavy (non-hydrogen) atoms. The molecular formula is C40H47N6O8P. The molecule has 3 heterocycles. The average molecular weight is 771 g/mol. The normalized spacial score (nSPS) is 16.3. The molecule has 0 radical (unpaired) electrons. The maximum absolute atomic E-state index is 14.8. The fourth-order valence-corrected chi connectivity index (χ4v) is 8.07. The summed E-state index contributed by atoms with van der Waals surface area (Å²) >= 11 is 0. The monoisotopic (exact) mass is 770 g/mol. The van der Waals surface area contributed by atoms with Gasteiger partial charge in [-0.25, -0.2) is 19.3 Å². The molecule has 2 unspecified atom stereocenters. The minimum Gasteiger partial charge on any atom is -0.449 e. The predicted octanol–water partition coefficient (Wildman–Crippen LogP) is 5.90. The molecule has 0 bridgehead atoms. The van der Waals surface area contributed by atoms with Crippen LogP contribution in [-0.4, -0.2) is 109 Å². The number of nitrogens with one attached hydrogen (secondary N) is 1. The minimum atomic E-state index is -4.21. The van der Waals surface area contributed by atoms with E-state index in [0.717, 1.165) is 19.3 Å². The third-order valence-corrected chi connectivity index (χ3v) is 11.1. The summed E-state index contributed by atoms with van der Waals surface area (Å²) in [6.45, 7) is 4.38. The number of hydrogen-bond donors (Lipinski definition) is 1. The van der Waals surface area contributed by atoms with Crippen LogP contribution >= 0.6 is 7.60 Å². The SMILES string of the molecule is CCCCOC(=O)N1CCN(C(=O)C(CP(=O)(Oc2ccccc2)Oc2ccccc2)NC(=O)c2cc(N3CCC(OC)C3)nc(-c3ccccc3)n2)CC1. The highest BCUT2D eigenvalue weighted by atomic mass is 31.2. The van der Waals surface area contributed by atoms with E-state index in [4.69, 9.17) is 23.5 Å². The molecule has 2 aliphatic heterocycles. The fourth-order valence-electron chi connectivity index (χ4n) is 6.30. The van der Waals surface area contributed by atoms with Gasteiger partial charge in [-0.05, 0) is 37.1 Å². The summed E-state index contributed by atoms with van der Waals surface area (Å²) in [6.07, 6.45) is 1.51. The summed E-state index contributed by atoms with van der Waals surface area (Å²) < 4.78 is 37.8. The van der Waals surface area contributed by atoms with Crippen molar-refractivity contribution >= 4 is 31.3 Å². The van der Waals surface area contributed by atoms with Crippen LogP contribution in [0.1, 0.15) is 36.7 Å². The smallest absolute Gasteiger partial charge is 0.433 e. The van der Waals surface area contributed by atoms with Gasteiger partial charge in [0.05, 0.1) is 12.7 Å². The Hall–Kier alpha value is -5.46. The second-order valence-corrected chi connectivity index (χ2v) is 15.3. The molecule has 2 atom stereocenters. The lowest BCUT2D eigenvalue weighted by Gasteiger charge is -2.36. The van der Waals surface area contributed by atoms with E-state index in [2.05, 4.69) is 10.3 Å². The second-order valence-electron chi connectivity index (χ2n) is 13.3. The maximum Gasteiger partial charge on any atom is 0.433 e. The molecule has 3 amide bonds. The van der Waals surface area contributed by atoms with Crippen molar-refractivity contribution in [1.29, 1.82) is 0 Å². The molecule has 0 aliphatic carbocycles. The van der Waals surface area contributed by atoms with Crippen molar-refractivity contribution in [1.82, 2.24) is 25.1 Å². The number of amides is 3. The molecule has 2 fully saturated rings. The first-order valence-electron chi connectivity index (χ1n) is 18.6. The largest absolute Gasteiger partial charge is 0.449 e. The van der Waals surface area contributed by atoms with Gasteiger partial charge < -0.3 is 38.5 Å². The van der Waals surface area contributed by atoms with E-state index >= 15 is 0 Å². The molecule has 3 aromatic carbocycles. The van der Waals surface area contributed by atoms with Gasteiger partial charge in [-0.3, -0.25) is 9.59 Å². The third-order valence-electron chi connectivity index (χ3n) is 9.34. The Kier molecular flexibility index (Phi) is 13.4. The molecule has 2 aliphatic rings. The molecule has 0 spiro atoms. The first-order valence-corrected chi connectivity index (χ1v) is 20.3. The maximum atomic E-state index is 14.8. The zero-order valence-corrected chi connectivity index (χ0v) is 32.0. The van der Waals surface area contributed by atoms with E-state index in [0.29, 0.717) is 36.9 Å². The van der Waals surface area contributed by atoms with E-state index < -0.39 is 37.7 Å². The highest BCUT2D eigenvalue weighted by Crippen LogP contribution is 2.49. The van der Waals surface area contributed by atoms with Crippen molar-refractivity contribution in [3.05, 3.63) is 103 Å². The zero-order valence-electron chi connectivity index (χ0n) is 31.1. The van der Waals surface area contributed by atoms with Crippen molar-refractivity contribution in [3.8, 4) is 22.9 Å². The number of rotatable bonds is 15. The number of piperazine rings is 1. The Morgan fingerprint density at radius 2 is 1.44 bits per heavy atom. The molecule has 4 aromatic rings. The molecule has 15 heteroatoms. The topological polar surface area (TPSA) is 153 Å². The number of carbonyl (C=O) groups is 3. The molecule has 1 aromatic heterocycles. The zero-order chi connectivity index (χ0) is 38.6. The summed E-state index contributed by atoms with van der Waals surface area (Å²) in [7, 11) is -2.54. The number of aromatic nitrogens is 2. The lowest BCUT2D eigenvalue weighted by molar-refractivity contribution is -0.134. The van der Waals surface area contributed by atoms with Crippen LogP contribution in [0.3, 0.4) is 0 Å². The van der Waals surface area contributed by atoms with Gasteiger partial charge in [-0.1, -0.05) is 80.1 Å². The van der Waals surface area contributed by atoms with Crippen molar-refractivity contribution in [2.45, 2.75) is 38.3 Å². The number of carbonyl (C=O) groups excluding carboxylic acids is 3. The Balaban J connectivity index is 1.31. The summed E-state index contributed by atoms with van der Waals surface area (Å²) in [5.74, 6) is 0.213. The number of hydrogen-bond acceptors (Lipinski definition) is 11. The van der Waals surface area contributed by atoms with Crippen molar-refractivity contribution < 1.29 is 37.5 Å². The summed E-state index contributed by atoms with van der Waals surface area (Å²) in [5.41, 5.74) is 0.724. The molecular weight excluding hydrogens is 723 g/mol. The lowest BCUT2D eigenvalue weighted by atomic mass is 10.2. The van der Waals surface area contributed by atoms with E-state index in [-0.39, 0.29) is 49.5 Å². The lowest BCUT2D eigenvalue weighted by Crippen LogP contribution is -2.57. The summed E-state index contributed by atoms with van der Waals surface area (Å²) in [6, 6.07) is 26.5. The fraction of sp³-hybridized carbons (Fsp3) is 0.375. The van der Waals surface area contributed by atoms with Crippen LogP contribution in [0.15, 0.2) is 97.1 Å². The number of nitrogens with zero attached hydrogens (tertiary/aromatic N) is 5. The van der Waals surface area contributed by atoms with Crippen molar-refractivity contribution in [2.75, 3.05) is 64.0 Å². The molecule has 2 saturated heterocycles. The number of para-hydroxylation sites is 2. The van der Waals surface area contributed by atoms with Crippen LogP contribution in [0.25, 0.3) is 11.4 Å². The third kappa shape index (κ3) is 10.6. The number of ether oxygens (including phenoxy) is 2. The number of benzene rings is 3.